The topological polar surface area (TPSA) is 225 Å². The van der Waals surface area contributed by atoms with Crippen molar-refractivity contribution in [2.75, 3.05) is 6.61 Å². The number of aliphatic hydroxyl groups excluding tert-OH is 6. The fourth-order valence-electron chi connectivity index (χ4n) is 5.08. The first kappa shape index (κ1) is 29.4. The third-order valence-corrected chi connectivity index (χ3v) is 7.41. The lowest BCUT2D eigenvalue weighted by Gasteiger charge is -2.45. The minimum atomic E-state index is -1.70. The summed E-state index contributed by atoms with van der Waals surface area (Å²) in [6.07, 6.45) is -15.4. The summed E-state index contributed by atoms with van der Waals surface area (Å²) >= 11 is 0. The maximum absolute atomic E-state index is 12.6. The normalized spacial score (nSPS) is 37.2. The van der Waals surface area contributed by atoms with Crippen LogP contribution in [0.2, 0.25) is 0 Å². The van der Waals surface area contributed by atoms with Crippen LogP contribution in [0, 0.1) is 0 Å². The molecule has 2 aromatic carbocycles. The number of fused-ring (bicyclic) bond motifs is 1. The van der Waals surface area contributed by atoms with Crippen LogP contribution in [0.15, 0.2) is 36.4 Å². The van der Waals surface area contributed by atoms with Crippen LogP contribution in [0.5, 0.6) is 23.0 Å². The van der Waals surface area contributed by atoms with Gasteiger partial charge in [-0.05, 0) is 24.6 Å². The van der Waals surface area contributed by atoms with Crippen LogP contribution in [-0.4, -0.2) is 115 Å². The van der Waals surface area contributed by atoms with Gasteiger partial charge in [-0.3, -0.25) is 4.79 Å². The molecule has 41 heavy (non-hydrogen) atoms. The Morgan fingerprint density at radius 3 is 2.27 bits per heavy atom. The van der Waals surface area contributed by atoms with E-state index in [9.17, 15) is 45.6 Å². The highest BCUT2D eigenvalue weighted by molar-refractivity contribution is 6.02. The number of ether oxygens (including phenoxy) is 5. The van der Waals surface area contributed by atoms with Crippen molar-refractivity contribution >= 4 is 5.78 Å². The second-order valence-corrected chi connectivity index (χ2v) is 10.2. The molecule has 3 heterocycles. The Hall–Kier alpha value is -3.05. The van der Waals surface area contributed by atoms with Gasteiger partial charge in [0.05, 0.1) is 19.1 Å². The number of aliphatic hydroxyl groups is 6. The molecule has 5 rings (SSSR count). The number of aromatic hydroxyl groups is 2. The molecule has 3 aliphatic rings. The quantitative estimate of drug-likeness (QED) is 0.202. The Bertz CT molecular complexity index is 1240. The molecule has 8 N–H and O–H groups in total. The average molecular weight is 581 g/mol. The monoisotopic (exact) mass is 580 g/mol. The van der Waals surface area contributed by atoms with Gasteiger partial charge in [-0.2, -0.15) is 0 Å². The summed E-state index contributed by atoms with van der Waals surface area (Å²) in [5.74, 6) is -0.772. The van der Waals surface area contributed by atoms with Crippen molar-refractivity contribution in [2.24, 2.45) is 0 Å². The predicted molar refractivity (Wildman–Crippen MR) is 134 cm³/mol. The summed E-state index contributed by atoms with van der Waals surface area (Å²) in [6, 6.07) is 8.52. The summed E-state index contributed by atoms with van der Waals surface area (Å²) in [6.45, 7) is 0.789. The number of Topliss-reactive ketones (excluding diaryl/α,β-unsaturated/α-hetero) is 1. The zero-order chi connectivity index (χ0) is 29.6. The molecule has 3 aliphatic heterocycles. The summed E-state index contributed by atoms with van der Waals surface area (Å²) < 4.78 is 28.5. The fraction of sp³-hybridized carbons (Fsp3) is 0.519. The molecule has 14 nitrogen and oxygen atoms in total. The van der Waals surface area contributed by atoms with E-state index < -0.39 is 74.1 Å². The van der Waals surface area contributed by atoms with Crippen molar-refractivity contribution in [1.82, 2.24) is 0 Å². The van der Waals surface area contributed by atoms with Crippen molar-refractivity contribution in [1.29, 1.82) is 0 Å². The van der Waals surface area contributed by atoms with E-state index in [1.54, 1.807) is 12.1 Å². The second-order valence-electron chi connectivity index (χ2n) is 10.2. The minimum Gasteiger partial charge on any atom is -0.508 e. The van der Waals surface area contributed by atoms with Gasteiger partial charge in [0.2, 0.25) is 6.29 Å². The van der Waals surface area contributed by atoms with E-state index in [-0.39, 0.29) is 40.8 Å². The van der Waals surface area contributed by atoms with E-state index in [4.69, 9.17) is 23.7 Å². The number of hydrogen-bond acceptors (Lipinski definition) is 14. The van der Waals surface area contributed by atoms with Crippen molar-refractivity contribution in [3.8, 4) is 23.0 Å². The number of rotatable bonds is 6. The van der Waals surface area contributed by atoms with Gasteiger partial charge >= 0.3 is 0 Å². The largest absolute Gasteiger partial charge is 0.508 e. The van der Waals surface area contributed by atoms with Gasteiger partial charge in [-0.15, -0.1) is 0 Å². The molecule has 0 bridgehead atoms. The Morgan fingerprint density at radius 2 is 1.59 bits per heavy atom. The van der Waals surface area contributed by atoms with Crippen LogP contribution in [0.1, 0.15) is 35.4 Å². The Morgan fingerprint density at radius 1 is 0.878 bits per heavy atom. The number of phenols is 2. The van der Waals surface area contributed by atoms with E-state index in [0.29, 0.717) is 5.56 Å². The molecule has 0 spiro atoms. The lowest BCUT2D eigenvalue weighted by molar-refractivity contribution is -0.354. The highest BCUT2D eigenvalue weighted by Crippen LogP contribution is 2.42. The minimum absolute atomic E-state index is 0.0119. The smallest absolute Gasteiger partial charge is 0.229 e. The van der Waals surface area contributed by atoms with E-state index in [0.717, 1.165) is 6.07 Å². The Kier molecular flexibility index (Phi) is 8.39. The van der Waals surface area contributed by atoms with Crippen LogP contribution in [0.25, 0.3) is 0 Å². The molecule has 14 heteroatoms. The van der Waals surface area contributed by atoms with Crippen LogP contribution >= 0.6 is 0 Å². The Labute approximate surface area is 233 Å². The molecule has 11 atom stereocenters. The molecule has 0 amide bonds. The van der Waals surface area contributed by atoms with Gasteiger partial charge < -0.3 is 64.5 Å². The van der Waals surface area contributed by atoms with Crippen molar-refractivity contribution in [3.63, 3.8) is 0 Å². The van der Waals surface area contributed by atoms with Gasteiger partial charge in [-0.1, -0.05) is 12.1 Å². The maximum Gasteiger partial charge on any atom is 0.229 e. The van der Waals surface area contributed by atoms with Crippen LogP contribution < -0.4 is 9.47 Å². The van der Waals surface area contributed by atoms with Gasteiger partial charge in [0.25, 0.3) is 0 Å². The zero-order valence-corrected chi connectivity index (χ0v) is 21.8. The van der Waals surface area contributed by atoms with Crippen molar-refractivity contribution in [2.45, 2.75) is 80.9 Å². The maximum atomic E-state index is 12.6. The van der Waals surface area contributed by atoms with Gasteiger partial charge in [0, 0.05) is 12.1 Å². The molecule has 2 fully saturated rings. The molecular formula is C27H32O14. The van der Waals surface area contributed by atoms with E-state index >= 15 is 0 Å². The van der Waals surface area contributed by atoms with Crippen molar-refractivity contribution in [3.05, 3.63) is 47.5 Å². The lowest BCUT2D eigenvalue weighted by atomic mass is 9.95. The first-order valence-electron chi connectivity index (χ1n) is 13.0. The lowest BCUT2D eigenvalue weighted by Crippen LogP contribution is -2.64. The summed E-state index contributed by atoms with van der Waals surface area (Å²) in [5.41, 5.74) is 0.558. The molecule has 0 aromatic heterocycles. The number of phenolic OH excluding ortho intramolecular Hbond substituents is 2. The standard InChI is InChI=1S/C27H32O14/c1-10-20(32)22(34)24(36)26(37-10)41-25-23(35)21(33)18(9-28)40-27(25)38-13-4-2-11(3-5-13)16-8-15(31)19-14(30)6-12(29)7-17(19)39-16/h2-7,10,16,18,20-30,32-36H,8-9H2,1H3/t10-,16?,18+,20-,21+,22+,23-,24+,25+,26-,27+/m0/s1. The molecule has 0 radical (unpaired) electrons. The molecule has 0 aliphatic carbocycles. The molecule has 224 valence electrons. The SMILES string of the molecule is C[C@@H]1O[C@@H](O[C@H]2[C@H](Oc3ccc(C4CC(=O)c5c(O)cc(O)cc5O4)cc3)O[C@H](CO)[C@@H](O)[C@@H]2O)[C@H](O)[C@H](O)[C@H]1O. The van der Waals surface area contributed by atoms with E-state index in [1.165, 1.54) is 25.1 Å². The van der Waals surface area contributed by atoms with Gasteiger partial charge in [0.1, 0.15) is 71.3 Å². The molecular weight excluding hydrogens is 548 g/mol. The predicted octanol–water partition coefficient (Wildman–Crippen LogP) is -1.17. The van der Waals surface area contributed by atoms with E-state index in [2.05, 4.69) is 0 Å². The zero-order valence-electron chi connectivity index (χ0n) is 21.8. The fourth-order valence-corrected chi connectivity index (χ4v) is 5.08. The van der Waals surface area contributed by atoms with Crippen LogP contribution in [0.4, 0.5) is 0 Å². The van der Waals surface area contributed by atoms with E-state index in [1.807, 2.05) is 0 Å². The highest BCUT2D eigenvalue weighted by atomic mass is 16.8. The summed E-state index contributed by atoms with van der Waals surface area (Å²) in [7, 11) is 0. The van der Waals surface area contributed by atoms with Gasteiger partial charge in [-0.25, -0.2) is 0 Å². The number of carbonyl (C=O) groups is 1. The first-order chi connectivity index (χ1) is 19.5. The third-order valence-electron chi connectivity index (χ3n) is 7.41. The van der Waals surface area contributed by atoms with Crippen LogP contribution in [-0.2, 0) is 14.2 Å². The molecule has 1 unspecified atom stereocenters. The molecule has 0 saturated carbocycles. The van der Waals surface area contributed by atoms with Gasteiger partial charge in [0.15, 0.2) is 18.2 Å². The Balaban J connectivity index is 1.33. The average Bonchev–Trinajstić information content (AvgIpc) is 2.93. The van der Waals surface area contributed by atoms with Crippen molar-refractivity contribution < 1.29 is 69.3 Å². The molecule has 2 aromatic rings. The van der Waals surface area contributed by atoms with Crippen LogP contribution in [0.3, 0.4) is 0 Å². The number of ketones is 1. The third kappa shape index (κ3) is 5.70. The summed E-state index contributed by atoms with van der Waals surface area (Å²) in [4.78, 5) is 12.6. The first-order valence-corrected chi connectivity index (χ1v) is 13.0. The second kappa shape index (κ2) is 11.7. The number of carbonyl (C=O) groups excluding carboxylic acids is 1. The highest BCUT2D eigenvalue weighted by Gasteiger charge is 2.50. The summed E-state index contributed by atoms with van der Waals surface area (Å²) in [5, 5.41) is 81.0. The molecule has 2 saturated heterocycles. The number of hydrogen-bond donors (Lipinski definition) is 8. The number of benzene rings is 2.